The third kappa shape index (κ3) is 2.47. The number of anilines is 1. The first kappa shape index (κ1) is 12.2. The van der Waals surface area contributed by atoms with Crippen molar-refractivity contribution in [3.63, 3.8) is 0 Å². The molecule has 1 unspecified atom stereocenters. The second-order valence-electron chi connectivity index (χ2n) is 5.88. The van der Waals surface area contributed by atoms with E-state index in [0.717, 1.165) is 20.4 Å². The van der Waals surface area contributed by atoms with E-state index in [0.29, 0.717) is 11.5 Å². The highest BCUT2D eigenvalue weighted by atomic mass is 35.5. The van der Waals surface area contributed by atoms with Gasteiger partial charge in [0.1, 0.15) is 0 Å². The summed E-state index contributed by atoms with van der Waals surface area (Å²) in [5, 5.41) is 5.37. The van der Waals surface area contributed by atoms with Crippen molar-refractivity contribution in [3.8, 4) is 0 Å². The van der Waals surface area contributed by atoms with Crippen LogP contribution in [0.5, 0.6) is 0 Å². The summed E-state index contributed by atoms with van der Waals surface area (Å²) in [6, 6.07) is 6.43. The Balaban J connectivity index is 1.79. The van der Waals surface area contributed by atoms with Crippen LogP contribution in [0.4, 0.5) is 5.13 Å². The Morgan fingerprint density at radius 2 is 2.28 bits per heavy atom. The minimum Gasteiger partial charge on any atom is -0.359 e. The van der Waals surface area contributed by atoms with Crippen LogP contribution in [0, 0.1) is 5.41 Å². The largest absolute Gasteiger partial charge is 0.359 e. The van der Waals surface area contributed by atoms with Crippen molar-refractivity contribution in [3.05, 3.63) is 23.2 Å². The molecule has 0 spiro atoms. The van der Waals surface area contributed by atoms with E-state index in [4.69, 9.17) is 11.6 Å². The molecular weight excluding hydrogens is 264 g/mol. The lowest BCUT2D eigenvalue weighted by molar-refractivity contribution is 0.378. The molecule has 1 atom stereocenters. The zero-order valence-electron chi connectivity index (χ0n) is 10.7. The van der Waals surface area contributed by atoms with Crippen LogP contribution >= 0.6 is 22.9 Å². The molecule has 1 aromatic heterocycles. The van der Waals surface area contributed by atoms with Crippen molar-refractivity contribution < 1.29 is 0 Å². The van der Waals surface area contributed by atoms with Crippen molar-refractivity contribution >= 4 is 38.3 Å². The highest BCUT2D eigenvalue weighted by molar-refractivity contribution is 7.22. The minimum absolute atomic E-state index is 0.470. The fourth-order valence-electron chi connectivity index (χ4n) is 2.69. The van der Waals surface area contributed by atoms with Gasteiger partial charge in [-0.05, 0) is 42.9 Å². The molecule has 2 aromatic rings. The average Bonchev–Trinajstić information content (AvgIpc) is 2.81. The number of thiazole rings is 1. The zero-order valence-corrected chi connectivity index (χ0v) is 12.2. The molecule has 2 nitrogen and oxygen atoms in total. The van der Waals surface area contributed by atoms with E-state index in [1.807, 2.05) is 18.2 Å². The number of benzene rings is 1. The third-order valence-electron chi connectivity index (χ3n) is 3.65. The number of nitrogens with one attached hydrogen (secondary N) is 1. The molecule has 0 aliphatic heterocycles. The van der Waals surface area contributed by atoms with Gasteiger partial charge in [0.25, 0.3) is 0 Å². The summed E-state index contributed by atoms with van der Waals surface area (Å²) in [5.74, 6) is 0. The number of aromatic nitrogens is 1. The van der Waals surface area contributed by atoms with E-state index in [1.54, 1.807) is 11.3 Å². The molecule has 1 heterocycles. The second-order valence-corrected chi connectivity index (χ2v) is 7.35. The number of hydrogen-bond acceptors (Lipinski definition) is 3. The van der Waals surface area contributed by atoms with Crippen LogP contribution in [0.15, 0.2) is 18.2 Å². The standard InChI is InChI=1S/C14H17ClN2S/c1-14(2)6-5-10(8-14)16-13-17-11-4-3-9(15)7-12(11)18-13/h3-4,7,10H,5-6,8H2,1-2H3,(H,16,17). The molecule has 96 valence electrons. The first-order valence-corrected chi connectivity index (χ1v) is 7.54. The average molecular weight is 281 g/mol. The van der Waals surface area contributed by atoms with Gasteiger partial charge in [-0.2, -0.15) is 0 Å². The summed E-state index contributed by atoms with van der Waals surface area (Å²) < 4.78 is 1.15. The van der Waals surface area contributed by atoms with Gasteiger partial charge in [0.15, 0.2) is 5.13 Å². The van der Waals surface area contributed by atoms with Crippen molar-refractivity contribution in [2.45, 2.75) is 39.2 Å². The molecule has 1 N–H and O–H groups in total. The maximum atomic E-state index is 5.99. The van der Waals surface area contributed by atoms with E-state index in [2.05, 4.69) is 24.1 Å². The van der Waals surface area contributed by atoms with Gasteiger partial charge in [0, 0.05) is 11.1 Å². The summed E-state index contributed by atoms with van der Waals surface area (Å²) >= 11 is 7.69. The predicted molar refractivity (Wildman–Crippen MR) is 79.7 cm³/mol. The number of rotatable bonds is 2. The Hall–Kier alpha value is -0.800. The number of hydrogen-bond donors (Lipinski definition) is 1. The van der Waals surface area contributed by atoms with Gasteiger partial charge in [-0.25, -0.2) is 4.98 Å². The van der Waals surface area contributed by atoms with Crippen LogP contribution in [0.2, 0.25) is 5.02 Å². The fourth-order valence-corrected chi connectivity index (χ4v) is 3.91. The van der Waals surface area contributed by atoms with Gasteiger partial charge in [-0.3, -0.25) is 0 Å². The highest BCUT2D eigenvalue weighted by Crippen LogP contribution is 2.39. The van der Waals surface area contributed by atoms with E-state index >= 15 is 0 Å². The maximum absolute atomic E-state index is 5.99. The Morgan fingerprint density at radius 3 is 3.00 bits per heavy atom. The topological polar surface area (TPSA) is 24.9 Å². The van der Waals surface area contributed by atoms with Gasteiger partial charge < -0.3 is 5.32 Å². The summed E-state index contributed by atoms with van der Waals surface area (Å²) in [7, 11) is 0. The molecule has 0 saturated heterocycles. The lowest BCUT2D eigenvalue weighted by Gasteiger charge is -2.17. The van der Waals surface area contributed by atoms with E-state index < -0.39 is 0 Å². The lowest BCUT2D eigenvalue weighted by atomic mass is 9.92. The van der Waals surface area contributed by atoms with Crippen LogP contribution in [-0.4, -0.2) is 11.0 Å². The number of nitrogens with zero attached hydrogens (tertiary/aromatic N) is 1. The first-order chi connectivity index (χ1) is 8.52. The van der Waals surface area contributed by atoms with Crippen molar-refractivity contribution in [2.75, 3.05) is 5.32 Å². The van der Waals surface area contributed by atoms with E-state index in [-0.39, 0.29) is 0 Å². The molecule has 4 heteroatoms. The summed E-state index contributed by atoms with van der Waals surface area (Å²) in [5.41, 5.74) is 1.50. The summed E-state index contributed by atoms with van der Waals surface area (Å²) in [6.07, 6.45) is 3.76. The van der Waals surface area contributed by atoms with Gasteiger partial charge in [-0.15, -0.1) is 0 Å². The molecule has 1 saturated carbocycles. The van der Waals surface area contributed by atoms with Crippen molar-refractivity contribution in [2.24, 2.45) is 5.41 Å². The Morgan fingerprint density at radius 1 is 1.44 bits per heavy atom. The van der Waals surface area contributed by atoms with E-state index in [1.165, 1.54) is 19.3 Å². The van der Waals surface area contributed by atoms with Crippen LogP contribution in [-0.2, 0) is 0 Å². The Bertz CT molecular complexity index is 576. The number of halogens is 1. The second kappa shape index (κ2) is 4.39. The molecule has 1 aromatic carbocycles. The summed E-state index contributed by atoms with van der Waals surface area (Å²) in [4.78, 5) is 4.61. The van der Waals surface area contributed by atoms with Crippen LogP contribution in [0.1, 0.15) is 33.1 Å². The number of fused-ring (bicyclic) bond motifs is 1. The zero-order chi connectivity index (χ0) is 12.8. The SMILES string of the molecule is CC1(C)CCC(Nc2nc3ccc(Cl)cc3s2)C1. The van der Waals surface area contributed by atoms with Gasteiger partial charge >= 0.3 is 0 Å². The van der Waals surface area contributed by atoms with Crippen LogP contribution in [0.3, 0.4) is 0 Å². The monoisotopic (exact) mass is 280 g/mol. The highest BCUT2D eigenvalue weighted by Gasteiger charge is 2.31. The van der Waals surface area contributed by atoms with Crippen molar-refractivity contribution in [1.82, 2.24) is 4.98 Å². The Labute approximate surface area is 116 Å². The molecule has 1 fully saturated rings. The molecule has 1 aliphatic carbocycles. The van der Waals surface area contributed by atoms with Gasteiger partial charge in [0.05, 0.1) is 10.2 Å². The van der Waals surface area contributed by atoms with E-state index in [9.17, 15) is 0 Å². The minimum atomic E-state index is 0.470. The molecular formula is C14H17ClN2S. The predicted octanol–water partition coefficient (Wildman–Crippen LogP) is 4.94. The van der Waals surface area contributed by atoms with Gasteiger partial charge in [0.2, 0.25) is 0 Å². The van der Waals surface area contributed by atoms with Crippen molar-refractivity contribution in [1.29, 1.82) is 0 Å². The summed E-state index contributed by atoms with van der Waals surface area (Å²) in [6.45, 7) is 4.68. The van der Waals surface area contributed by atoms with Gasteiger partial charge in [-0.1, -0.05) is 36.8 Å². The molecule has 1 aliphatic rings. The smallest absolute Gasteiger partial charge is 0.184 e. The quantitative estimate of drug-likeness (QED) is 0.843. The lowest BCUT2D eigenvalue weighted by Crippen LogP contribution is -2.17. The first-order valence-electron chi connectivity index (χ1n) is 6.34. The normalized spacial score (nSPS) is 22.5. The van der Waals surface area contributed by atoms with Crippen LogP contribution < -0.4 is 5.32 Å². The maximum Gasteiger partial charge on any atom is 0.184 e. The third-order valence-corrected chi connectivity index (χ3v) is 4.83. The molecule has 0 bridgehead atoms. The fraction of sp³-hybridized carbons (Fsp3) is 0.500. The van der Waals surface area contributed by atoms with Crippen LogP contribution in [0.25, 0.3) is 10.2 Å². The molecule has 18 heavy (non-hydrogen) atoms. The Kier molecular flexibility index (Phi) is 2.99. The molecule has 0 radical (unpaired) electrons. The molecule has 3 rings (SSSR count). The molecule has 0 amide bonds.